The van der Waals surface area contributed by atoms with Crippen molar-refractivity contribution in [2.24, 2.45) is 0 Å². The standard InChI is InChI=1S/C20H17N3O3S/c1-13-16(11-21)20(24)23-22-17(13)7-5-14-6-8-18(19(10-14)25-2)26-12-15-4-3-9-27-15/h3-10H,12H2,1-2H3,(H,23,24)/b7-5+. The van der Waals surface area contributed by atoms with E-state index in [0.717, 1.165) is 10.4 Å². The third-order valence-electron chi connectivity index (χ3n) is 3.95. The van der Waals surface area contributed by atoms with Gasteiger partial charge in [0.15, 0.2) is 11.5 Å². The molecule has 0 saturated carbocycles. The van der Waals surface area contributed by atoms with Crippen LogP contribution in [0, 0.1) is 18.3 Å². The number of methoxy groups -OCH3 is 1. The molecule has 7 heteroatoms. The van der Waals surface area contributed by atoms with E-state index in [1.54, 1.807) is 31.4 Å². The van der Waals surface area contributed by atoms with Gasteiger partial charge >= 0.3 is 0 Å². The van der Waals surface area contributed by atoms with Crippen molar-refractivity contribution in [1.82, 2.24) is 10.2 Å². The number of H-pyrrole nitrogens is 1. The molecule has 136 valence electrons. The van der Waals surface area contributed by atoms with Crippen LogP contribution in [-0.2, 0) is 6.61 Å². The molecule has 1 aromatic carbocycles. The summed E-state index contributed by atoms with van der Waals surface area (Å²) >= 11 is 1.64. The van der Waals surface area contributed by atoms with Gasteiger partial charge in [0.05, 0.1) is 12.8 Å². The maximum Gasteiger partial charge on any atom is 0.282 e. The first-order chi connectivity index (χ1) is 13.1. The zero-order chi connectivity index (χ0) is 19.2. The SMILES string of the molecule is COc1cc(/C=C/c2n[nH]c(=O)c(C#N)c2C)ccc1OCc1cccs1. The summed E-state index contributed by atoms with van der Waals surface area (Å²) in [5, 5.41) is 17.4. The molecule has 0 atom stereocenters. The number of hydrogen-bond donors (Lipinski definition) is 1. The summed E-state index contributed by atoms with van der Waals surface area (Å²) < 4.78 is 11.2. The normalized spacial score (nSPS) is 10.7. The van der Waals surface area contributed by atoms with Crippen LogP contribution in [0.4, 0.5) is 0 Å². The van der Waals surface area contributed by atoms with Crippen LogP contribution in [-0.4, -0.2) is 17.3 Å². The first kappa shape index (κ1) is 18.4. The molecule has 2 aromatic heterocycles. The molecule has 0 aliphatic carbocycles. The van der Waals surface area contributed by atoms with Crippen LogP contribution in [0.25, 0.3) is 12.2 Å². The summed E-state index contributed by atoms with van der Waals surface area (Å²) in [5.41, 5.74) is 1.53. The van der Waals surface area contributed by atoms with Crippen molar-refractivity contribution < 1.29 is 9.47 Å². The zero-order valence-corrected chi connectivity index (χ0v) is 15.7. The molecule has 1 N–H and O–H groups in total. The van der Waals surface area contributed by atoms with Crippen LogP contribution < -0.4 is 15.0 Å². The number of hydrogen-bond acceptors (Lipinski definition) is 6. The van der Waals surface area contributed by atoms with Gasteiger partial charge in [-0.25, -0.2) is 5.10 Å². The number of aromatic nitrogens is 2. The number of aromatic amines is 1. The Balaban J connectivity index is 1.81. The maximum absolute atomic E-state index is 11.6. The molecule has 6 nitrogen and oxygen atoms in total. The molecule has 0 aliphatic heterocycles. The Morgan fingerprint density at radius 2 is 2.15 bits per heavy atom. The molecule has 2 heterocycles. The van der Waals surface area contributed by atoms with Gasteiger partial charge in [0.2, 0.25) is 0 Å². The van der Waals surface area contributed by atoms with Crippen LogP contribution in [0.3, 0.4) is 0 Å². The van der Waals surface area contributed by atoms with Gasteiger partial charge in [0.1, 0.15) is 18.2 Å². The van der Waals surface area contributed by atoms with Crippen LogP contribution >= 0.6 is 11.3 Å². The maximum atomic E-state index is 11.6. The van der Waals surface area contributed by atoms with Gasteiger partial charge in [-0.2, -0.15) is 10.4 Å². The van der Waals surface area contributed by atoms with Gasteiger partial charge in [-0.3, -0.25) is 4.79 Å². The number of nitriles is 1. The summed E-state index contributed by atoms with van der Waals surface area (Å²) in [6.45, 7) is 2.18. The van der Waals surface area contributed by atoms with Gasteiger partial charge in [-0.15, -0.1) is 11.3 Å². The van der Waals surface area contributed by atoms with E-state index in [1.165, 1.54) is 0 Å². The van der Waals surface area contributed by atoms with Crippen molar-refractivity contribution >= 4 is 23.5 Å². The Labute approximate surface area is 160 Å². The third kappa shape index (κ3) is 4.25. The van der Waals surface area contributed by atoms with Crippen LogP contribution in [0.15, 0.2) is 40.5 Å². The number of thiophene rings is 1. The highest BCUT2D eigenvalue weighted by atomic mass is 32.1. The molecule has 3 aromatic rings. The van der Waals surface area contributed by atoms with E-state index >= 15 is 0 Å². The van der Waals surface area contributed by atoms with Crippen LogP contribution in [0.2, 0.25) is 0 Å². The van der Waals surface area contributed by atoms with Gasteiger partial charge in [-0.05, 0) is 47.7 Å². The lowest BCUT2D eigenvalue weighted by atomic mass is 10.1. The summed E-state index contributed by atoms with van der Waals surface area (Å²) in [4.78, 5) is 12.7. The van der Waals surface area contributed by atoms with E-state index in [1.807, 2.05) is 47.9 Å². The number of nitrogens with zero attached hydrogens (tertiary/aromatic N) is 2. The number of rotatable bonds is 6. The van der Waals surface area contributed by atoms with Crippen molar-refractivity contribution in [3.05, 3.63) is 73.3 Å². The first-order valence-corrected chi connectivity index (χ1v) is 9.01. The van der Waals surface area contributed by atoms with Crippen molar-refractivity contribution in [3.63, 3.8) is 0 Å². The molecule has 0 amide bonds. The highest BCUT2D eigenvalue weighted by Crippen LogP contribution is 2.30. The van der Waals surface area contributed by atoms with E-state index < -0.39 is 5.56 Å². The molecule has 27 heavy (non-hydrogen) atoms. The molecular weight excluding hydrogens is 362 g/mol. The average Bonchev–Trinajstić information content (AvgIpc) is 3.20. The second kappa shape index (κ2) is 8.34. The smallest absolute Gasteiger partial charge is 0.282 e. The molecule has 0 aliphatic rings. The minimum atomic E-state index is -0.485. The Morgan fingerprint density at radius 1 is 1.30 bits per heavy atom. The van der Waals surface area contributed by atoms with Gasteiger partial charge in [0.25, 0.3) is 5.56 Å². The van der Waals surface area contributed by atoms with Crippen molar-refractivity contribution in [1.29, 1.82) is 5.26 Å². The minimum Gasteiger partial charge on any atom is -0.493 e. The Kier molecular flexibility index (Phi) is 5.69. The lowest BCUT2D eigenvalue weighted by Gasteiger charge is -2.10. The molecule has 3 rings (SSSR count). The second-order valence-corrected chi connectivity index (χ2v) is 6.69. The summed E-state index contributed by atoms with van der Waals surface area (Å²) in [6.07, 6.45) is 3.58. The number of ether oxygens (including phenoxy) is 2. The van der Waals surface area contributed by atoms with Crippen molar-refractivity contribution in [2.45, 2.75) is 13.5 Å². The molecule has 0 fully saturated rings. The largest absolute Gasteiger partial charge is 0.493 e. The molecule has 0 radical (unpaired) electrons. The topological polar surface area (TPSA) is 88.0 Å². The summed E-state index contributed by atoms with van der Waals surface area (Å²) in [5.74, 6) is 1.28. The van der Waals surface area contributed by atoms with E-state index in [2.05, 4.69) is 10.2 Å². The fourth-order valence-corrected chi connectivity index (χ4v) is 3.09. The molecular formula is C20H17N3O3S. The molecule has 0 bridgehead atoms. The predicted molar refractivity (Wildman–Crippen MR) is 105 cm³/mol. The second-order valence-electron chi connectivity index (χ2n) is 5.66. The molecule has 0 spiro atoms. The Morgan fingerprint density at radius 3 is 2.85 bits per heavy atom. The number of benzene rings is 1. The van der Waals surface area contributed by atoms with Gasteiger partial charge in [0, 0.05) is 4.88 Å². The van der Waals surface area contributed by atoms with Crippen molar-refractivity contribution in [3.8, 4) is 17.6 Å². The lowest BCUT2D eigenvalue weighted by molar-refractivity contribution is 0.287. The monoisotopic (exact) mass is 379 g/mol. The zero-order valence-electron chi connectivity index (χ0n) is 14.9. The Bertz CT molecular complexity index is 1060. The van der Waals surface area contributed by atoms with Gasteiger partial charge in [-0.1, -0.05) is 18.2 Å². The van der Waals surface area contributed by atoms with Crippen LogP contribution in [0.5, 0.6) is 11.5 Å². The fraction of sp³-hybridized carbons (Fsp3) is 0.150. The predicted octanol–water partition coefficient (Wildman–Crippen LogP) is 3.77. The van der Waals surface area contributed by atoms with E-state index in [0.29, 0.717) is 29.4 Å². The fourth-order valence-electron chi connectivity index (χ4n) is 2.47. The van der Waals surface area contributed by atoms with Crippen molar-refractivity contribution in [2.75, 3.05) is 7.11 Å². The highest BCUT2D eigenvalue weighted by Gasteiger charge is 2.08. The first-order valence-electron chi connectivity index (χ1n) is 8.13. The highest BCUT2D eigenvalue weighted by molar-refractivity contribution is 7.09. The average molecular weight is 379 g/mol. The molecule has 0 unspecified atom stereocenters. The van der Waals surface area contributed by atoms with E-state index in [4.69, 9.17) is 14.7 Å². The third-order valence-corrected chi connectivity index (χ3v) is 4.80. The summed E-state index contributed by atoms with van der Waals surface area (Å²) in [6, 6.07) is 11.5. The van der Waals surface area contributed by atoms with E-state index in [-0.39, 0.29) is 5.56 Å². The van der Waals surface area contributed by atoms with E-state index in [9.17, 15) is 4.79 Å². The summed E-state index contributed by atoms with van der Waals surface area (Å²) in [7, 11) is 1.59. The molecule has 0 saturated heterocycles. The number of nitrogens with one attached hydrogen (secondary N) is 1. The minimum absolute atomic E-state index is 0.0690. The quantitative estimate of drug-likeness (QED) is 0.704. The van der Waals surface area contributed by atoms with Gasteiger partial charge < -0.3 is 9.47 Å². The van der Waals surface area contributed by atoms with Crippen LogP contribution in [0.1, 0.15) is 27.3 Å². The Hall–Kier alpha value is -3.37. The lowest BCUT2D eigenvalue weighted by Crippen LogP contribution is -2.15.